The maximum Gasteiger partial charge on any atom is 0.322 e. The van der Waals surface area contributed by atoms with E-state index < -0.39 is 28.9 Å². The van der Waals surface area contributed by atoms with Crippen molar-refractivity contribution in [2.75, 3.05) is 0 Å². The highest BCUT2D eigenvalue weighted by atomic mass is 16.6. The van der Waals surface area contributed by atoms with Crippen molar-refractivity contribution in [3.8, 4) is 5.75 Å². The Morgan fingerprint density at radius 3 is 2.44 bits per heavy atom. The van der Waals surface area contributed by atoms with Gasteiger partial charge in [0.2, 0.25) is 0 Å². The average molecular weight is 367 g/mol. The van der Waals surface area contributed by atoms with Gasteiger partial charge in [0.25, 0.3) is 0 Å². The molecular formula is C19H17N3O5. The second-order valence-electron chi connectivity index (χ2n) is 5.92. The predicted molar refractivity (Wildman–Crippen MR) is 97.5 cm³/mol. The number of nitrogens with one attached hydrogen (secondary N) is 2. The van der Waals surface area contributed by atoms with E-state index >= 15 is 0 Å². The highest BCUT2D eigenvalue weighted by Crippen LogP contribution is 2.16. The molecule has 1 aliphatic rings. The first-order valence-electron chi connectivity index (χ1n) is 8.23. The highest BCUT2D eigenvalue weighted by Gasteiger charge is 2.43. The monoisotopic (exact) mass is 367 g/mol. The number of imide groups is 1. The zero-order valence-electron chi connectivity index (χ0n) is 14.2. The van der Waals surface area contributed by atoms with Crippen LogP contribution in [0.15, 0.2) is 60.7 Å². The molecule has 0 bridgehead atoms. The van der Waals surface area contributed by atoms with Gasteiger partial charge in [-0.1, -0.05) is 54.6 Å². The summed E-state index contributed by atoms with van der Waals surface area (Å²) in [6.07, 6.45) is 3.05. The molecule has 2 N–H and O–H groups in total. The maximum atomic E-state index is 11.6. The summed E-state index contributed by atoms with van der Waals surface area (Å²) in [5, 5.41) is 15.3. The van der Waals surface area contributed by atoms with E-state index in [0.717, 1.165) is 11.1 Å². The van der Waals surface area contributed by atoms with Crippen LogP contribution in [0.5, 0.6) is 5.75 Å². The lowest BCUT2D eigenvalue weighted by Crippen LogP contribution is -2.62. The first-order chi connectivity index (χ1) is 13.0. The van der Waals surface area contributed by atoms with Crippen LogP contribution in [0.4, 0.5) is 4.79 Å². The Labute approximate surface area is 155 Å². The summed E-state index contributed by atoms with van der Waals surface area (Å²) >= 11 is 0. The molecule has 0 saturated carbocycles. The summed E-state index contributed by atoms with van der Waals surface area (Å²) in [4.78, 5) is 33.4. The molecule has 8 nitrogen and oxygen atoms in total. The van der Waals surface area contributed by atoms with E-state index in [-0.39, 0.29) is 0 Å². The average Bonchev–Trinajstić information content (AvgIpc) is 2.65. The minimum Gasteiger partial charge on any atom is -0.489 e. The number of urea groups is 1. The van der Waals surface area contributed by atoms with Gasteiger partial charge in [0.05, 0.1) is 0 Å². The number of amides is 3. The van der Waals surface area contributed by atoms with Crippen molar-refractivity contribution >= 4 is 18.0 Å². The Hall–Kier alpha value is -3.68. The van der Waals surface area contributed by atoms with Crippen LogP contribution in [-0.4, -0.2) is 28.9 Å². The van der Waals surface area contributed by atoms with Gasteiger partial charge in [-0.3, -0.25) is 20.2 Å². The summed E-state index contributed by atoms with van der Waals surface area (Å²) in [5.74, 6) is -0.243. The van der Waals surface area contributed by atoms with Crippen LogP contribution >= 0.6 is 0 Å². The van der Waals surface area contributed by atoms with E-state index in [4.69, 9.17) is 4.74 Å². The predicted octanol–water partition coefficient (Wildman–Crippen LogP) is 2.13. The molecule has 2 aromatic carbocycles. The van der Waals surface area contributed by atoms with Crippen molar-refractivity contribution in [1.29, 1.82) is 0 Å². The topological polar surface area (TPSA) is 111 Å². The molecule has 3 rings (SSSR count). The third kappa shape index (κ3) is 4.69. The lowest BCUT2D eigenvalue weighted by molar-refractivity contribution is -0.510. The van der Waals surface area contributed by atoms with Gasteiger partial charge in [-0.05, 0) is 23.3 Å². The molecule has 3 amide bonds. The fourth-order valence-electron chi connectivity index (χ4n) is 2.63. The van der Waals surface area contributed by atoms with E-state index in [0.29, 0.717) is 12.4 Å². The Bertz CT molecular complexity index is 865. The van der Waals surface area contributed by atoms with Gasteiger partial charge in [-0.25, -0.2) is 4.79 Å². The smallest absolute Gasteiger partial charge is 0.322 e. The Morgan fingerprint density at radius 1 is 1.07 bits per heavy atom. The first kappa shape index (κ1) is 18.1. The van der Waals surface area contributed by atoms with Gasteiger partial charge < -0.3 is 10.1 Å². The van der Waals surface area contributed by atoms with Gasteiger partial charge in [-0.15, -0.1) is 0 Å². The molecule has 8 heteroatoms. The second kappa shape index (κ2) is 8.13. The molecule has 2 aromatic rings. The summed E-state index contributed by atoms with van der Waals surface area (Å²) < 4.78 is 5.69. The number of nitro groups is 1. The Kier molecular flexibility index (Phi) is 5.46. The van der Waals surface area contributed by atoms with E-state index in [9.17, 15) is 19.7 Å². The summed E-state index contributed by atoms with van der Waals surface area (Å²) in [5.41, 5.74) is 1.81. The molecule has 0 radical (unpaired) electrons. The highest BCUT2D eigenvalue weighted by molar-refractivity contribution is 6.00. The zero-order valence-corrected chi connectivity index (χ0v) is 14.2. The minimum atomic E-state index is -1.56. The van der Waals surface area contributed by atoms with Crippen molar-refractivity contribution in [3.05, 3.63) is 81.9 Å². The van der Waals surface area contributed by atoms with E-state index in [2.05, 4.69) is 5.32 Å². The Morgan fingerprint density at radius 2 is 1.78 bits per heavy atom. The van der Waals surface area contributed by atoms with Gasteiger partial charge in [0.1, 0.15) is 18.4 Å². The first-order valence-corrected chi connectivity index (χ1v) is 8.23. The molecule has 1 fully saturated rings. The third-order valence-electron chi connectivity index (χ3n) is 3.99. The second-order valence-corrected chi connectivity index (χ2v) is 5.92. The molecule has 0 aliphatic carbocycles. The number of carbonyl (C=O) groups excluding carboxylic acids is 2. The minimum absolute atomic E-state index is 0.448. The van der Waals surface area contributed by atoms with Crippen LogP contribution in [0.2, 0.25) is 0 Å². The lowest BCUT2D eigenvalue weighted by Gasteiger charge is -2.23. The molecule has 27 heavy (non-hydrogen) atoms. The maximum absolute atomic E-state index is 11.6. The number of carbonyl (C=O) groups is 2. The summed E-state index contributed by atoms with van der Waals surface area (Å²) in [6, 6.07) is 13.5. The molecule has 0 unspecified atom stereocenters. The fraction of sp³-hybridized carbons (Fsp3) is 0.158. The van der Waals surface area contributed by atoms with Crippen molar-refractivity contribution in [3.63, 3.8) is 0 Å². The summed E-state index contributed by atoms with van der Waals surface area (Å²) in [6.45, 7) is 0.448. The van der Waals surface area contributed by atoms with Crippen molar-refractivity contribution in [2.45, 2.75) is 18.7 Å². The van der Waals surface area contributed by atoms with Crippen LogP contribution in [0.1, 0.15) is 11.1 Å². The van der Waals surface area contributed by atoms with Crippen LogP contribution in [0.25, 0.3) is 6.08 Å². The molecule has 0 spiro atoms. The SMILES string of the molecule is O=C1NC(=O)[C@@H]([N+](=O)[O-])[C@@H](/C=C/c2ccc(OCc3ccccc3)cc2)N1. The molecular weight excluding hydrogens is 350 g/mol. The standard InChI is InChI=1S/C19H17N3O5/c23-18-17(22(25)26)16(20-19(24)21-18)11-8-13-6-9-15(10-7-13)27-12-14-4-2-1-3-5-14/h1-11,16-17H,12H2,(H2,20,21,23,24)/b11-8+/t16-,17+/m1/s1. The van der Waals surface area contributed by atoms with Crippen LogP contribution in [0.3, 0.4) is 0 Å². The van der Waals surface area contributed by atoms with E-state index in [1.807, 2.05) is 35.6 Å². The summed E-state index contributed by atoms with van der Waals surface area (Å²) in [7, 11) is 0. The molecule has 1 saturated heterocycles. The molecule has 1 heterocycles. The number of hydrogen-bond acceptors (Lipinski definition) is 5. The van der Waals surface area contributed by atoms with Crippen LogP contribution in [-0.2, 0) is 11.4 Å². The van der Waals surface area contributed by atoms with Gasteiger partial charge >= 0.3 is 18.0 Å². The van der Waals surface area contributed by atoms with E-state index in [1.54, 1.807) is 30.3 Å². The number of nitrogens with zero attached hydrogens (tertiary/aromatic N) is 1. The number of hydrogen-bond donors (Lipinski definition) is 2. The van der Waals surface area contributed by atoms with Gasteiger partial charge in [0.15, 0.2) is 0 Å². The van der Waals surface area contributed by atoms with Gasteiger partial charge in [0, 0.05) is 4.92 Å². The molecule has 2 atom stereocenters. The van der Waals surface area contributed by atoms with Crippen LogP contribution in [0, 0.1) is 10.1 Å². The normalized spacial score (nSPS) is 19.4. The molecule has 138 valence electrons. The number of ether oxygens (including phenoxy) is 1. The van der Waals surface area contributed by atoms with Crippen molar-refractivity contribution in [1.82, 2.24) is 10.6 Å². The largest absolute Gasteiger partial charge is 0.489 e. The number of benzene rings is 2. The quantitative estimate of drug-likeness (QED) is 0.600. The van der Waals surface area contributed by atoms with Crippen molar-refractivity contribution in [2.24, 2.45) is 0 Å². The van der Waals surface area contributed by atoms with Crippen LogP contribution < -0.4 is 15.4 Å². The third-order valence-corrected chi connectivity index (χ3v) is 3.99. The lowest BCUT2D eigenvalue weighted by atomic mass is 10.0. The zero-order chi connectivity index (χ0) is 19.2. The van der Waals surface area contributed by atoms with E-state index in [1.165, 1.54) is 6.08 Å². The fourth-order valence-corrected chi connectivity index (χ4v) is 2.63. The van der Waals surface area contributed by atoms with Crippen molar-refractivity contribution < 1.29 is 19.2 Å². The number of rotatable bonds is 6. The molecule has 0 aromatic heterocycles. The molecule has 1 aliphatic heterocycles. The van der Waals surface area contributed by atoms with Gasteiger partial charge in [-0.2, -0.15) is 0 Å². The Balaban J connectivity index is 1.63.